The van der Waals surface area contributed by atoms with Gasteiger partial charge in [-0.25, -0.2) is 17.6 Å². The molecule has 1 aromatic carbocycles. The number of rotatable bonds is 4. The van der Waals surface area contributed by atoms with Crippen molar-refractivity contribution in [2.75, 3.05) is 0 Å². The van der Waals surface area contributed by atoms with Crippen LogP contribution in [0.15, 0.2) is 6.07 Å². The van der Waals surface area contributed by atoms with Gasteiger partial charge in [-0.05, 0) is 48.6 Å². The highest BCUT2D eigenvalue weighted by molar-refractivity contribution is 5.42. The van der Waals surface area contributed by atoms with Gasteiger partial charge in [0.05, 0.1) is 5.56 Å². The fourth-order valence-corrected chi connectivity index (χ4v) is 4.82. The van der Waals surface area contributed by atoms with Crippen LogP contribution in [0.1, 0.15) is 70.5 Å². The third-order valence-corrected chi connectivity index (χ3v) is 6.14. The third-order valence-electron chi connectivity index (χ3n) is 6.14. The Balaban J connectivity index is 0.00000225. The minimum absolute atomic E-state index is 0. The summed E-state index contributed by atoms with van der Waals surface area (Å²) in [7, 11) is 0. The summed E-state index contributed by atoms with van der Waals surface area (Å²) in [4.78, 5) is 0. The Morgan fingerprint density at radius 3 is 2.33 bits per heavy atom. The van der Waals surface area contributed by atoms with E-state index in [9.17, 15) is 17.6 Å². The molecule has 0 aliphatic heterocycles. The fourth-order valence-electron chi connectivity index (χ4n) is 4.82. The molecular weight excluding hydrogens is 316 g/mol. The largest absolute Gasteiger partial charge is 0.279 e. The standard InChI is InChI=1S/C20H26F4.H2/c1-3-5-12-6-8-14(9-7-12)16-11-15-10-13(4-2)18(21)19(22)17(15)20(16,23)24;/h10,12,14,16H,3-9,11H2,1-2H3;1H. The van der Waals surface area contributed by atoms with Gasteiger partial charge in [0.2, 0.25) is 0 Å². The van der Waals surface area contributed by atoms with Gasteiger partial charge >= 0.3 is 0 Å². The lowest BCUT2D eigenvalue weighted by Crippen LogP contribution is -2.31. The molecule has 0 amide bonds. The second-order valence-electron chi connectivity index (χ2n) is 7.55. The van der Waals surface area contributed by atoms with E-state index in [1.807, 2.05) is 0 Å². The van der Waals surface area contributed by atoms with Gasteiger partial charge in [0.25, 0.3) is 5.92 Å². The summed E-state index contributed by atoms with van der Waals surface area (Å²) in [5, 5.41) is 0. The average molecular weight is 344 g/mol. The van der Waals surface area contributed by atoms with E-state index >= 15 is 0 Å². The second-order valence-corrected chi connectivity index (χ2v) is 7.55. The van der Waals surface area contributed by atoms with Crippen molar-refractivity contribution in [1.82, 2.24) is 0 Å². The molecule has 0 heterocycles. The summed E-state index contributed by atoms with van der Waals surface area (Å²) in [5.41, 5.74) is -0.149. The molecule has 1 atom stereocenters. The second kappa shape index (κ2) is 6.68. The highest BCUT2D eigenvalue weighted by Gasteiger charge is 2.54. The highest BCUT2D eigenvalue weighted by atomic mass is 19.3. The van der Waals surface area contributed by atoms with Crippen molar-refractivity contribution in [3.63, 3.8) is 0 Å². The van der Waals surface area contributed by atoms with E-state index in [1.54, 1.807) is 6.92 Å². The first kappa shape index (κ1) is 17.8. The molecule has 1 aromatic rings. The Hall–Kier alpha value is -1.06. The fraction of sp³-hybridized carbons (Fsp3) is 0.700. The number of halogens is 4. The molecule has 0 bridgehead atoms. The summed E-state index contributed by atoms with van der Waals surface area (Å²) >= 11 is 0. The van der Waals surface area contributed by atoms with Crippen LogP contribution >= 0.6 is 0 Å². The number of hydrogen-bond donors (Lipinski definition) is 0. The van der Waals surface area contributed by atoms with E-state index in [4.69, 9.17) is 0 Å². The van der Waals surface area contributed by atoms with E-state index in [-0.39, 0.29) is 19.3 Å². The summed E-state index contributed by atoms with van der Waals surface area (Å²) < 4.78 is 58.1. The first-order chi connectivity index (χ1) is 11.4. The molecule has 1 fully saturated rings. The molecule has 0 aromatic heterocycles. The van der Waals surface area contributed by atoms with Crippen LogP contribution in [-0.2, 0) is 18.8 Å². The Bertz CT molecular complexity index is 606. The lowest BCUT2D eigenvalue weighted by molar-refractivity contribution is -0.0843. The van der Waals surface area contributed by atoms with Gasteiger partial charge in [0, 0.05) is 7.34 Å². The molecule has 0 spiro atoms. The molecule has 1 saturated carbocycles. The SMILES string of the molecule is CCCC1CCC(C2Cc3cc(CC)c(F)c(F)c3C2(F)F)CC1.[HH]. The zero-order valence-corrected chi connectivity index (χ0v) is 14.5. The Morgan fingerprint density at radius 1 is 1.08 bits per heavy atom. The monoisotopic (exact) mass is 344 g/mol. The van der Waals surface area contributed by atoms with Crippen LogP contribution in [0.4, 0.5) is 17.6 Å². The van der Waals surface area contributed by atoms with E-state index < -0.39 is 29.0 Å². The van der Waals surface area contributed by atoms with Crippen molar-refractivity contribution < 1.29 is 19.0 Å². The minimum Gasteiger partial charge on any atom is -0.203 e. The highest BCUT2D eigenvalue weighted by Crippen LogP contribution is 2.54. The number of aryl methyl sites for hydroxylation is 1. The van der Waals surface area contributed by atoms with Crippen LogP contribution in [-0.4, -0.2) is 0 Å². The van der Waals surface area contributed by atoms with Crippen molar-refractivity contribution in [3.05, 3.63) is 34.4 Å². The molecular formula is C20H28F4. The molecule has 0 nitrogen and oxygen atoms in total. The van der Waals surface area contributed by atoms with Gasteiger partial charge in [-0.2, -0.15) is 0 Å². The first-order valence-electron chi connectivity index (χ1n) is 9.28. The Morgan fingerprint density at radius 2 is 1.75 bits per heavy atom. The quantitative estimate of drug-likeness (QED) is 0.537. The number of benzene rings is 1. The zero-order valence-electron chi connectivity index (χ0n) is 14.5. The van der Waals surface area contributed by atoms with E-state index in [0.29, 0.717) is 17.9 Å². The predicted molar refractivity (Wildman–Crippen MR) is 89.3 cm³/mol. The molecule has 3 rings (SSSR count). The van der Waals surface area contributed by atoms with Gasteiger partial charge in [-0.15, -0.1) is 0 Å². The molecule has 24 heavy (non-hydrogen) atoms. The van der Waals surface area contributed by atoms with Crippen molar-refractivity contribution in [1.29, 1.82) is 0 Å². The summed E-state index contributed by atoms with van der Waals surface area (Å²) in [6.45, 7) is 3.86. The van der Waals surface area contributed by atoms with Crippen molar-refractivity contribution >= 4 is 0 Å². The van der Waals surface area contributed by atoms with Gasteiger partial charge in [0.1, 0.15) is 0 Å². The molecule has 2 aliphatic rings. The normalized spacial score (nSPS) is 28.8. The lowest BCUT2D eigenvalue weighted by atomic mass is 9.73. The van der Waals surface area contributed by atoms with E-state index in [1.165, 1.54) is 6.07 Å². The van der Waals surface area contributed by atoms with E-state index in [0.717, 1.165) is 38.5 Å². The summed E-state index contributed by atoms with van der Waals surface area (Å²) in [6, 6.07) is 1.46. The van der Waals surface area contributed by atoms with Crippen LogP contribution in [0, 0.1) is 29.4 Å². The van der Waals surface area contributed by atoms with Gasteiger partial charge in [0.15, 0.2) is 11.6 Å². The average Bonchev–Trinajstić information content (AvgIpc) is 2.83. The third kappa shape index (κ3) is 2.86. The van der Waals surface area contributed by atoms with Gasteiger partial charge in [-0.3, -0.25) is 0 Å². The molecule has 1 unspecified atom stereocenters. The maximum absolute atomic E-state index is 14.9. The van der Waals surface area contributed by atoms with Crippen molar-refractivity contribution in [2.45, 2.75) is 71.1 Å². The maximum Gasteiger partial charge on any atom is 0.279 e. The molecule has 2 aliphatic carbocycles. The summed E-state index contributed by atoms with van der Waals surface area (Å²) in [6.07, 6.45) is 6.31. The molecule has 4 heteroatoms. The van der Waals surface area contributed by atoms with Gasteiger partial charge < -0.3 is 0 Å². The topological polar surface area (TPSA) is 0 Å². The molecule has 136 valence electrons. The zero-order chi connectivity index (χ0) is 17.5. The van der Waals surface area contributed by atoms with Crippen LogP contribution in [0.2, 0.25) is 0 Å². The van der Waals surface area contributed by atoms with E-state index in [2.05, 4.69) is 6.92 Å². The maximum atomic E-state index is 14.9. The number of alkyl halides is 2. The first-order valence-corrected chi connectivity index (χ1v) is 9.28. The summed E-state index contributed by atoms with van der Waals surface area (Å²) in [5.74, 6) is -6.00. The van der Waals surface area contributed by atoms with Crippen molar-refractivity contribution in [3.8, 4) is 0 Å². The van der Waals surface area contributed by atoms with Crippen LogP contribution < -0.4 is 0 Å². The van der Waals surface area contributed by atoms with Crippen molar-refractivity contribution in [2.24, 2.45) is 17.8 Å². The number of fused-ring (bicyclic) bond motifs is 1. The Kier molecular flexibility index (Phi) is 4.94. The van der Waals surface area contributed by atoms with Crippen LogP contribution in [0.3, 0.4) is 0 Å². The Labute approximate surface area is 143 Å². The smallest absolute Gasteiger partial charge is 0.203 e. The molecule has 0 saturated heterocycles. The van der Waals surface area contributed by atoms with Gasteiger partial charge in [-0.1, -0.05) is 45.6 Å². The lowest BCUT2D eigenvalue weighted by Gasteiger charge is -2.34. The minimum atomic E-state index is -3.26. The predicted octanol–water partition coefficient (Wildman–Crippen LogP) is 6.64. The molecule has 0 N–H and O–H groups in total. The molecule has 0 radical (unpaired) electrons. The number of hydrogen-bond acceptors (Lipinski definition) is 0. The van der Waals surface area contributed by atoms with Crippen LogP contribution in [0.25, 0.3) is 0 Å². The van der Waals surface area contributed by atoms with Crippen LogP contribution in [0.5, 0.6) is 0 Å².